The third-order valence-electron chi connectivity index (χ3n) is 4.46. The van der Waals surface area contributed by atoms with Gasteiger partial charge in [-0.15, -0.1) is 0 Å². The molecule has 0 saturated heterocycles. The monoisotopic (exact) mass is 413 g/mol. The number of benzene rings is 3. The molecule has 146 valence electrons. The van der Waals surface area contributed by atoms with E-state index in [0.29, 0.717) is 10.7 Å². The molecular weight excluding hydrogens is 398 g/mol. The molecule has 0 bridgehead atoms. The molecule has 0 radical (unpaired) electrons. The number of hydrogen-bond acceptors (Lipinski definition) is 4. The molecule has 0 saturated carbocycles. The van der Waals surface area contributed by atoms with Crippen molar-refractivity contribution in [2.24, 2.45) is 4.99 Å². The lowest BCUT2D eigenvalue weighted by Gasteiger charge is -2.00. The largest absolute Gasteiger partial charge is 0.269 e. The summed E-state index contributed by atoms with van der Waals surface area (Å²) < 4.78 is 0. The topological polar surface area (TPSA) is 68.4 Å². The molecule has 5 nitrogen and oxygen atoms in total. The summed E-state index contributed by atoms with van der Waals surface area (Å²) in [6.07, 6.45) is 5.67. The predicted molar refractivity (Wildman–Crippen MR) is 122 cm³/mol. The fraction of sp³-hybridized carbons (Fsp3) is 0. The van der Waals surface area contributed by atoms with Crippen LogP contribution in [0.15, 0.2) is 83.9 Å². The van der Waals surface area contributed by atoms with Crippen LogP contribution in [0.3, 0.4) is 0 Å². The molecule has 0 atom stereocenters. The molecule has 1 heterocycles. The van der Waals surface area contributed by atoms with Crippen molar-refractivity contribution >= 4 is 52.2 Å². The third kappa shape index (κ3) is 4.77. The minimum atomic E-state index is -0.428. The van der Waals surface area contributed by atoms with Crippen molar-refractivity contribution in [3.8, 4) is 0 Å². The summed E-state index contributed by atoms with van der Waals surface area (Å²) in [5.41, 5.74) is 4.33. The quantitative estimate of drug-likeness (QED) is 0.207. The number of aromatic nitrogens is 1. The molecule has 0 spiro atoms. The Morgan fingerprint density at radius 2 is 1.67 bits per heavy atom. The predicted octanol–water partition coefficient (Wildman–Crippen LogP) is 6.72. The van der Waals surface area contributed by atoms with Crippen LogP contribution < -0.4 is 0 Å². The van der Waals surface area contributed by atoms with E-state index in [0.717, 1.165) is 27.7 Å². The summed E-state index contributed by atoms with van der Waals surface area (Å²) >= 11 is 6.06. The Kier molecular flexibility index (Phi) is 5.63. The zero-order chi connectivity index (χ0) is 20.9. The number of nitro groups is 1. The molecule has 0 aliphatic rings. The number of hydrogen-bond donors (Lipinski definition) is 0. The fourth-order valence-corrected chi connectivity index (χ4v) is 3.10. The Balaban J connectivity index is 1.51. The van der Waals surface area contributed by atoms with E-state index in [2.05, 4.69) is 9.98 Å². The summed E-state index contributed by atoms with van der Waals surface area (Å²) in [6.45, 7) is 0. The van der Waals surface area contributed by atoms with Crippen LogP contribution in [0.5, 0.6) is 0 Å². The maximum absolute atomic E-state index is 10.7. The highest BCUT2D eigenvalue weighted by molar-refractivity contribution is 6.31. The van der Waals surface area contributed by atoms with Crippen LogP contribution >= 0.6 is 11.6 Å². The van der Waals surface area contributed by atoms with Gasteiger partial charge in [-0.05, 0) is 53.6 Å². The van der Waals surface area contributed by atoms with Gasteiger partial charge >= 0.3 is 0 Å². The number of nitro benzene ring substituents is 1. The SMILES string of the molecule is O=[N+]([O-])c1ccc(N=Cc2cccc(/C=C/c3ccc4ccc(Cl)cc4n3)c2)cc1. The zero-order valence-corrected chi connectivity index (χ0v) is 16.5. The molecule has 1 aromatic heterocycles. The number of fused-ring (bicyclic) bond motifs is 1. The smallest absolute Gasteiger partial charge is 0.258 e. The van der Waals surface area contributed by atoms with Gasteiger partial charge in [-0.25, -0.2) is 4.98 Å². The van der Waals surface area contributed by atoms with Crippen LogP contribution in [0.1, 0.15) is 16.8 Å². The third-order valence-corrected chi connectivity index (χ3v) is 4.69. The van der Waals surface area contributed by atoms with Gasteiger partial charge in [-0.1, -0.05) is 48.0 Å². The van der Waals surface area contributed by atoms with Gasteiger partial charge in [0.25, 0.3) is 5.69 Å². The summed E-state index contributed by atoms with van der Waals surface area (Å²) in [4.78, 5) is 19.3. The summed E-state index contributed by atoms with van der Waals surface area (Å²) in [7, 11) is 0. The van der Waals surface area contributed by atoms with E-state index in [9.17, 15) is 10.1 Å². The summed E-state index contributed by atoms with van der Waals surface area (Å²) in [6, 6.07) is 23.7. The first-order chi connectivity index (χ1) is 14.6. The van der Waals surface area contributed by atoms with Crippen molar-refractivity contribution in [3.63, 3.8) is 0 Å². The number of aliphatic imine (C=N–C) groups is 1. The second-order valence-corrected chi connectivity index (χ2v) is 7.04. The van der Waals surface area contributed by atoms with E-state index >= 15 is 0 Å². The highest BCUT2D eigenvalue weighted by atomic mass is 35.5. The fourth-order valence-electron chi connectivity index (χ4n) is 2.93. The lowest BCUT2D eigenvalue weighted by atomic mass is 10.1. The average molecular weight is 414 g/mol. The standard InChI is InChI=1S/C24H16ClN3O2/c25-20-7-5-19-6-9-22(27-24(19)15-20)8-4-17-2-1-3-18(14-17)16-26-21-10-12-23(13-11-21)28(29)30/h1-16H/b8-4+,26-16?. The number of pyridine rings is 1. The van der Waals surface area contributed by atoms with E-state index in [4.69, 9.17) is 11.6 Å². The van der Waals surface area contributed by atoms with Crippen LogP contribution in [0.25, 0.3) is 23.1 Å². The van der Waals surface area contributed by atoms with E-state index in [1.54, 1.807) is 18.3 Å². The maximum Gasteiger partial charge on any atom is 0.269 e. The number of non-ortho nitro benzene ring substituents is 1. The first kappa shape index (κ1) is 19.5. The second-order valence-electron chi connectivity index (χ2n) is 6.61. The molecule has 0 N–H and O–H groups in total. The van der Waals surface area contributed by atoms with Gasteiger partial charge in [0, 0.05) is 28.8 Å². The molecule has 4 rings (SSSR count). The molecule has 4 aromatic rings. The first-order valence-electron chi connectivity index (χ1n) is 9.20. The van der Waals surface area contributed by atoms with Gasteiger partial charge in [-0.3, -0.25) is 15.1 Å². The lowest BCUT2D eigenvalue weighted by Crippen LogP contribution is -1.86. The molecular formula is C24H16ClN3O2. The number of rotatable bonds is 5. The summed E-state index contributed by atoms with van der Waals surface area (Å²) in [5.74, 6) is 0. The normalized spacial score (nSPS) is 11.5. The van der Waals surface area contributed by atoms with Crippen molar-refractivity contribution in [1.82, 2.24) is 4.98 Å². The van der Waals surface area contributed by atoms with Gasteiger partial charge in [0.2, 0.25) is 0 Å². The zero-order valence-electron chi connectivity index (χ0n) is 15.8. The summed E-state index contributed by atoms with van der Waals surface area (Å²) in [5, 5.41) is 12.4. The van der Waals surface area contributed by atoms with Crippen LogP contribution in [0, 0.1) is 10.1 Å². The molecule has 0 aliphatic carbocycles. The Bertz CT molecular complexity index is 1280. The molecule has 0 unspecified atom stereocenters. The Morgan fingerprint density at radius 1 is 0.900 bits per heavy atom. The van der Waals surface area contributed by atoms with Crippen LogP contribution in [-0.2, 0) is 0 Å². The van der Waals surface area contributed by atoms with Crippen molar-refractivity contribution in [2.75, 3.05) is 0 Å². The van der Waals surface area contributed by atoms with E-state index in [1.807, 2.05) is 66.7 Å². The van der Waals surface area contributed by atoms with E-state index in [1.165, 1.54) is 12.1 Å². The van der Waals surface area contributed by atoms with Crippen LogP contribution in [0.2, 0.25) is 5.02 Å². The second kappa shape index (κ2) is 8.68. The van der Waals surface area contributed by atoms with Crippen LogP contribution in [-0.4, -0.2) is 16.1 Å². The molecule has 6 heteroatoms. The lowest BCUT2D eigenvalue weighted by molar-refractivity contribution is -0.384. The highest BCUT2D eigenvalue weighted by Crippen LogP contribution is 2.20. The molecule has 0 amide bonds. The van der Waals surface area contributed by atoms with Crippen molar-refractivity contribution in [3.05, 3.63) is 111 Å². The van der Waals surface area contributed by atoms with Crippen molar-refractivity contribution in [1.29, 1.82) is 0 Å². The van der Waals surface area contributed by atoms with Crippen molar-refractivity contribution in [2.45, 2.75) is 0 Å². The van der Waals surface area contributed by atoms with E-state index in [-0.39, 0.29) is 5.69 Å². The highest BCUT2D eigenvalue weighted by Gasteiger charge is 2.03. The Hall–Kier alpha value is -3.83. The molecule has 3 aromatic carbocycles. The van der Waals surface area contributed by atoms with E-state index < -0.39 is 4.92 Å². The van der Waals surface area contributed by atoms with Crippen molar-refractivity contribution < 1.29 is 4.92 Å². The minimum Gasteiger partial charge on any atom is -0.258 e. The number of halogens is 1. The molecule has 30 heavy (non-hydrogen) atoms. The van der Waals surface area contributed by atoms with Gasteiger partial charge in [0.05, 0.1) is 21.8 Å². The molecule has 0 aliphatic heterocycles. The minimum absolute atomic E-state index is 0.0469. The average Bonchev–Trinajstić information content (AvgIpc) is 2.76. The van der Waals surface area contributed by atoms with Gasteiger partial charge in [0.1, 0.15) is 0 Å². The van der Waals surface area contributed by atoms with Gasteiger partial charge in [0.15, 0.2) is 0 Å². The number of nitrogens with zero attached hydrogens (tertiary/aromatic N) is 3. The van der Waals surface area contributed by atoms with Crippen LogP contribution in [0.4, 0.5) is 11.4 Å². The Labute approximate surface area is 178 Å². The van der Waals surface area contributed by atoms with Gasteiger partial charge < -0.3 is 0 Å². The Morgan fingerprint density at radius 3 is 2.47 bits per heavy atom. The molecule has 0 fully saturated rings. The first-order valence-corrected chi connectivity index (χ1v) is 9.58. The maximum atomic E-state index is 10.7. The van der Waals surface area contributed by atoms with Gasteiger partial charge in [-0.2, -0.15) is 0 Å².